The van der Waals surface area contributed by atoms with Gasteiger partial charge in [-0.1, -0.05) is 6.42 Å². The van der Waals surface area contributed by atoms with Gasteiger partial charge in [0.2, 0.25) is 15.9 Å². The highest BCUT2D eigenvalue weighted by Gasteiger charge is 2.32. The SMILES string of the molecule is O=C(O)C1CCCC(C(=O)Nc2ccc(F)c(N3CCCS3(=O)=O)c2)C1. The summed E-state index contributed by atoms with van der Waals surface area (Å²) >= 11 is 0. The number of carboxylic acids is 1. The van der Waals surface area contributed by atoms with Gasteiger partial charge >= 0.3 is 5.97 Å². The molecule has 1 aliphatic carbocycles. The van der Waals surface area contributed by atoms with Gasteiger partial charge < -0.3 is 10.4 Å². The third-order valence-electron chi connectivity index (χ3n) is 4.98. The Balaban J connectivity index is 1.75. The first-order valence-electron chi connectivity index (χ1n) is 8.61. The summed E-state index contributed by atoms with van der Waals surface area (Å²) in [6.07, 6.45) is 2.53. The number of sulfonamides is 1. The molecular formula is C17H21FN2O5S. The minimum atomic E-state index is -3.53. The number of carboxylic acid groups (broad SMARTS) is 1. The van der Waals surface area contributed by atoms with E-state index in [1.54, 1.807) is 0 Å². The van der Waals surface area contributed by atoms with Crippen molar-refractivity contribution in [1.29, 1.82) is 0 Å². The number of amides is 1. The number of nitrogens with zero attached hydrogens (tertiary/aromatic N) is 1. The zero-order chi connectivity index (χ0) is 18.9. The Bertz CT molecular complexity index is 826. The van der Waals surface area contributed by atoms with Crippen LogP contribution in [0.25, 0.3) is 0 Å². The lowest BCUT2D eigenvalue weighted by atomic mass is 9.81. The molecule has 1 saturated carbocycles. The lowest BCUT2D eigenvalue weighted by molar-refractivity contribution is -0.143. The number of aliphatic carboxylic acids is 1. The Morgan fingerprint density at radius 3 is 2.58 bits per heavy atom. The average Bonchev–Trinajstić information content (AvgIpc) is 2.95. The first kappa shape index (κ1) is 18.6. The molecule has 26 heavy (non-hydrogen) atoms. The molecule has 2 N–H and O–H groups in total. The molecule has 0 aromatic heterocycles. The van der Waals surface area contributed by atoms with Crippen molar-refractivity contribution < 1.29 is 27.5 Å². The van der Waals surface area contributed by atoms with Crippen LogP contribution in [0.15, 0.2) is 18.2 Å². The molecule has 2 atom stereocenters. The van der Waals surface area contributed by atoms with E-state index in [2.05, 4.69) is 5.32 Å². The van der Waals surface area contributed by atoms with Crippen molar-refractivity contribution in [1.82, 2.24) is 0 Å². The fourth-order valence-corrected chi connectivity index (χ4v) is 5.15. The normalized spacial score (nSPS) is 25.0. The quantitative estimate of drug-likeness (QED) is 0.828. The van der Waals surface area contributed by atoms with E-state index >= 15 is 0 Å². The molecule has 2 unspecified atom stereocenters. The summed E-state index contributed by atoms with van der Waals surface area (Å²) < 4.78 is 39.2. The van der Waals surface area contributed by atoms with Crippen LogP contribution in [0.5, 0.6) is 0 Å². The highest BCUT2D eigenvalue weighted by molar-refractivity contribution is 7.93. The van der Waals surface area contributed by atoms with Crippen LogP contribution in [-0.4, -0.2) is 37.7 Å². The minimum absolute atomic E-state index is 0.0261. The average molecular weight is 384 g/mol. The van der Waals surface area contributed by atoms with E-state index in [0.29, 0.717) is 31.4 Å². The second-order valence-electron chi connectivity index (χ2n) is 6.80. The molecule has 2 aliphatic rings. The lowest BCUT2D eigenvalue weighted by Gasteiger charge is -2.26. The molecule has 1 aromatic carbocycles. The molecular weight excluding hydrogens is 363 g/mol. The molecule has 1 saturated heterocycles. The third-order valence-corrected chi connectivity index (χ3v) is 6.83. The zero-order valence-electron chi connectivity index (χ0n) is 14.2. The highest BCUT2D eigenvalue weighted by Crippen LogP contribution is 2.32. The van der Waals surface area contributed by atoms with E-state index < -0.39 is 33.6 Å². The van der Waals surface area contributed by atoms with E-state index in [9.17, 15) is 22.4 Å². The van der Waals surface area contributed by atoms with Gasteiger partial charge in [0.05, 0.1) is 17.4 Å². The number of nitrogens with one attached hydrogen (secondary N) is 1. The third kappa shape index (κ3) is 3.82. The van der Waals surface area contributed by atoms with Crippen molar-refractivity contribution in [3.63, 3.8) is 0 Å². The van der Waals surface area contributed by atoms with Crippen LogP contribution >= 0.6 is 0 Å². The van der Waals surface area contributed by atoms with Gasteiger partial charge in [0, 0.05) is 18.2 Å². The highest BCUT2D eigenvalue weighted by atomic mass is 32.2. The van der Waals surface area contributed by atoms with Crippen LogP contribution in [0.2, 0.25) is 0 Å². The standard InChI is InChI=1S/C17H21FN2O5S/c18-14-6-5-13(10-15(14)20-7-2-8-26(20,24)25)19-16(21)11-3-1-4-12(9-11)17(22)23/h5-6,10-12H,1-4,7-9H2,(H,19,21)(H,22,23). The second kappa shape index (κ2) is 7.22. The lowest BCUT2D eigenvalue weighted by Crippen LogP contribution is -2.31. The van der Waals surface area contributed by atoms with Gasteiger partial charge in [0.25, 0.3) is 0 Å². The monoisotopic (exact) mass is 384 g/mol. The number of benzene rings is 1. The van der Waals surface area contributed by atoms with Crippen LogP contribution in [0.3, 0.4) is 0 Å². The Morgan fingerprint density at radius 1 is 1.19 bits per heavy atom. The van der Waals surface area contributed by atoms with E-state index in [4.69, 9.17) is 5.11 Å². The molecule has 1 aliphatic heterocycles. The van der Waals surface area contributed by atoms with Gasteiger partial charge in [0.1, 0.15) is 5.82 Å². The number of hydrogen-bond donors (Lipinski definition) is 2. The van der Waals surface area contributed by atoms with Crippen LogP contribution in [0.1, 0.15) is 32.1 Å². The molecule has 0 bridgehead atoms. The largest absolute Gasteiger partial charge is 0.481 e. The predicted octanol–water partition coefficient (Wildman–Crippen LogP) is 2.20. The summed E-state index contributed by atoms with van der Waals surface area (Å²) in [5.41, 5.74) is 0.221. The minimum Gasteiger partial charge on any atom is -0.481 e. The topological polar surface area (TPSA) is 104 Å². The molecule has 1 heterocycles. The number of anilines is 2. The van der Waals surface area contributed by atoms with E-state index in [1.807, 2.05) is 0 Å². The summed E-state index contributed by atoms with van der Waals surface area (Å²) in [7, 11) is -3.53. The molecule has 3 rings (SSSR count). The Labute approximate surface area is 151 Å². The summed E-state index contributed by atoms with van der Waals surface area (Å²) in [6.45, 7) is 0.208. The van der Waals surface area contributed by atoms with E-state index in [-0.39, 0.29) is 30.3 Å². The predicted molar refractivity (Wildman–Crippen MR) is 93.9 cm³/mol. The summed E-state index contributed by atoms with van der Waals surface area (Å²) in [6, 6.07) is 3.81. The zero-order valence-corrected chi connectivity index (χ0v) is 15.0. The van der Waals surface area contributed by atoms with Crippen LogP contribution < -0.4 is 9.62 Å². The molecule has 1 aromatic rings. The Morgan fingerprint density at radius 2 is 1.92 bits per heavy atom. The van der Waals surface area contributed by atoms with Crippen molar-refractivity contribution in [3.8, 4) is 0 Å². The number of hydrogen-bond acceptors (Lipinski definition) is 4. The maximum absolute atomic E-state index is 14.1. The fourth-order valence-electron chi connectivity index (χ4n) is 3.59. The molecule has 142 valence electrons. The van der Waals surface area contributed by atoms with Gasteiger partial charge in [-0.2, -0.15) is 0 Å². The maximum atomic E-state index is 14.1. The van der Waals surface area contributed by atoms with Gasteiger partial charge in [0.15, 0.2) is 0 Å². The molecule has 0 radical (unpaired) electrons. The van der Waals surface area contributed by atoms with Crippen molar-refractivity contribution in [2.45, 2.75) is 32.1 Å². The molecule has 1 amide bonds. The summed E-state index contributed by atoms with van der Waals surface area (Å²) in [4.78, 5) is 23.6. The van der Waals surface area contributed by atoms with E-state index in [1.165, 1.54) is 12.1 Å². The van der Waals surface area contributed by atoms with E-state index in [0.717, 1.165) is 10.4 Å². The number of halogens is 1. The number of carbonyl (C=O) groups excluding carboxylic acids is 1. The molecule has 7 nitrogen and oxygen atoms in total. The second-order valence-corrected chi connectivity index (χ2v) is 8.81. The summed E-state index contributed by atoms with van der Waals surface area (Å²) in [5, 5.41) is 11.8. The molecule has 2 fully saturated rings. The van der Waals surface area contributed by atoms with Crippen molar-refractivity contribution in [2.24, 2.45) is 11.8 Å². The van der Waals surface area contributed by atoms with Crippen LogP contribution in [0, 0.1) is 17.7 Å². The van der Waals surface area contributed by atoms with Crippen molar-refractivity contribution in [3.05, 3.63) is 24.0 Å². The molecule has 0 spiro atoms. The first-order chi connectivity index (χ1) is 12.3. The Kier molecular flexibility index (Phi) is 5.17. The van der Waals surface area contributed by atoms with Crippen molar-refractivity contribution >= 4 is 33.3 Å². The smallest absolute Gasteiger partial charge is 0.306 e. The van der Waals surface area contributed by atoms with Crippen molar-refractivity contribution in [2.75, 3.05) is 21.9 Å². The number of rotatable bonds is 4. The van der Waals surface area contributed by atoms with Crippen LogP contribution in [-0.2, 0) is 19.6 Å². The number of carbonyl (C=O) groups is 2. The fraction of sp³-hybridized carbons (Fsp3) is 0.529. The van der Waals surface area contributed by atoms with Gasteiger partial charge in [-0.15, -0.1) is 0 Å². The maximum Gasteiger partial charge on any atom is 0.306 e. The van der Waals surface area contributed by atoms with Gasteiger partial charge in [-0.25, -0.2) is 12.8 Å². The first-order valence-corrected chi connectivity index (χ1v) is 10.2. The summed E-state index contributed by atoms with van der Waals surface area (Å²) in [5.74, 6) is -2.87. The van der Waals surface area contributed by atoms with Gasteiger partial charge in [-0.3, -0.25) is 13.9 Å². The molecule has 9 heteroatoms. The Hall–Kier alpha value is -2.16. The van der Waals surface area contributed by atoms with Crippen LogP contribution in [0.4, 0.5) is 15.8 Å². The van der Waals surface area contributed by atoms with Gasteiger partial charge in [-0.05, 0) is 43.9 Å².